The van der Waals surface area contributed by atoms with Gasteiger partial charge in [-0.2, -0.15) is 0 Å². The van der Waals surface area contributed by atoms with Crippen LogP contribution < -0.4 is 16.0 Å². The van der Waals surface area contributed by atoms with Crippen molar-refractivity contribution in [2.75, 3.05) is 30.0 Å². The van der Waals surface area contributed by atoms with Crippen molar-refractivity contribution in [2.45, 2.75) is 52.0 Å². The molecule has 0 spiro atoms. The third kappa shape index (κ3) is 6.00. The van der Waals surface area contributed by atoms with Gasteiger partial charge in [-0.3, -0.25) is 9.59 Å². The van der Waals surface area contributed by atoms with Gasteiger partial charge in [0.05, 0.1) is 17.8 Å². The highest BCUT2D eigenvalue weighted by Crippen LogP contribution is 2.35. The van der Waals surface area contributed by atoms with E-state index in [-0.39, 0.29) is 18.0 Å². The number of primary amides is 1. The molecule has 1 aromatic carbocycles. The number of aromatic nitrogens is 2. The molecule has 174 valence electrons. The SMILES string of the molecule is CC(C)CN(c1ccc([C@H](C)CC(=O)O)cc1Nc1nc(C(N)=O)c[nH]1)C1CCOCC1. The van der Waals surface area contributed by atoms with Crippen molar-refractivity contribution in [3.8, 4) is 0 Å². The van der Waals surface area contributed by atoms with Crippen molar-refractivity contribution < 1.29 is 19.4 Å². The van der Waals surface area contributed by atoms with Gasteiger partial charge in [0.25, 0.3) is 5.91 Å². The number of nitrogens with two attached hydrogens (primary N) is 1. The summed E-state index contributed by atoms with van der Waals surface area (Å²) in [6.45, 7) is 8.61. The molecule has 2 heterocycles. The molecule has 9 nitrogen and oxygen atoms in total. The van der Waals surface area contributed by atoms with Crippen molar-refractivity contribution in [1.82, 2.24) is 9.97 Å². The van der Waals surface area contributed by atoms with Crippen LogP contribution in [0.4, 0.5) is 17.3 Å². The third-order valence-corrected chi connectivity index (χ3v) is 5.66. The van der Waals surface area contributed by atoms with Crippen molar-refractivity contribution in [1.29, 1.82) is 0 Å². The lowest BCUT2D eigenvalue weighted by atomic mass is 9.95. The van der Waals surface area contributed by atoms with Crippen LogP contribution in [0.3, 0.4) is 0 Å². The van der Waals surface area contributed by atoms with E-state index in [0.717, 1.165) is 49.5 Å². The highest BCUT2D eigenvalue weighted by Gasteiger charge is 2.25. The van der Waals surface area contributed by atoms with Crippen LogP contribution in [-0.2, 0) is 9.53 Å². The van der Waals surface area contributed by atoms with Crippen LogP contribution in [0, 0.1) is 5.92 Å². The van der Waals surface area contributed by atoms with E-state index in [9.17, 15) is 14.7 Å². The highest BCUT2D eigenvalue weighted by atomic mass is 16.5. The molecular formula is C23H33N5O4. The van der Waals surface area contributed by atoms with Gasteiger partial charge < -0.3 is 30.8 Å². The molecule has 32 heavy (non-hydrogen) atoms. The monoisotopic (exact) mass is 443 g/mol. The molecule has 1 saturated heterocycles. The van der Waals surface area contributed by atoms with Crippen molar-refractivity contribution in [3.05, 3.63) is 35.7 Å². The van der Waals surface area contributed by atoms with Crippen molar-refractivity contribution in [2.24, 2.45) is 11.7 Å². The molecule has 1 fully saturated rings. The minimum absolute atomic E-state index is 0.0427. The number of H-pyrrole nitrogens is 1. The lowest BCUT2D eigenvalue weighted by Crippen LogP contribution is -2.42. The predicted molar refractivity (Wildman–Crippen MR) is 124 cm³/mol. The van der Waals surface area contributed by atoms with Gasteiger partial charge in [-0.15, -0.1) is 0 Å². The number of nitrogens with zero attached hydrogens (tertiary/aromatic N) is 2. The molecule has 0 saturated carbocycles. The maximum Gasteiger partial charge on any atom is 0.303 e. The van der Waals surface area contributed by atoms with Crippen LogP contribution in [0.1, 0.15) is 62.0 Å². The number of amides is 1. The first-order valence-corrected chi connectivity index (χ1v) is 11.1. The number of carbonyl (C=O) groups is 2. The fourth-order valence-electron chi connectivity index (χ4n) is 4.06. The van der Waals surface area contributed by atoms with Gasteiger partial charge in [0, 0.05) is 32.0 Å². The topological polar surface area (TPSA) is 134 Å². The molecule has 0 bridgehead atoms. The lowest BCUT2D eigenvalue weighted by Gasteiger charge is -2.38. The van der Waals surface area contributed by atoms with E-state index >= 15 is 0 Å². The lowest BCUT2D eigenvalue weighted by molar-refractivity contribution is -0.137. The highest BCUT2D eigenvalue weighted by molar-refractivity contribution is 5.91. The zero-order chi connectivity index (χ0) is 23.3. The van der Waals surface area contributed by atoms with Gasteiger partial charge in [0.15, 0.2) is 0 Å². The fraction of sp³-hybridized carbons (Fsp3) is 0.522. The maximum atomic E-state index is 11.5. The maximum absolute atomic E-state index is 11.5. The van der Waals surface area contributed by atoms with E-state index in [1.807, 2.05) is 25.1 Å². The summed E-state index contributed by atoms with van der Waals surface area (Å²) in [7, 11) is 0. The van der Waals surface area contributed by atoms with E-state index in [1.54, 1.807) is 0 Å². The van der Waals surface area contributed by atoms with Gasteiger partial charge in [-0.1, -0.05) is 26.8 Å². The van der Waals surface area contributed by atoms with Gasteiger partial charge in [0.1, 0.15) is 5.69 Å². The molecule has 5 N–H and O–H groups in total. The van der Waals surface area contributed by atoms with Crippen LogP contribution in [0.2, 0.25) is 0 Å². The number of hydrogen-bond acceptors (Lipinski definition) is 6. The molecular weight excluding hydrogens is 410 g/mol. The summed E-state index contributed by atoms with van der Waals surface area (Å²) in [6, 6.07) is 6.36. The molecule has 1 aromatic heterocycles. The van der Waals surface area contributed by atoms with Crippen LogP contribution >= 0.6 is 0 Å². The predicted octanol–water partition coefficient (Wildman–Crippen LogP) is 3.47. The number of hydrogen-bond donors (Lipinski definition) is 4. The Bertz CT molecular complexity index is 936. The number of aromatic amines is 1. The van der Waals surface area contributed by atoms with Crippen molar-refractivity contribution >= 4 is 29.2 Å². The smallest absolute Gasteiger partial charge is 0.303 e. The van der Waals surface area contributed by atoms with Gasteiger partial charge >= 0.3 is 5.97 Å². The van der Waals surface area contributed by atoms with Crippen LogP contribution in [0.15, 0.2) is 24.4 Å². The van der Waals surface area contributed by atoms with Crippen LogP contribution in [0.5, 0.6) is 0 Å². The number of carboxylic acid groups (broad SMARTS) is 1. The molecule has 0 radical (unpaired) electrons. The Morgan fingerprint density at radius 3 is 2.62 bits per heavy atom. The van der Waals surface area contributed by atoms with Gasteiger partial charge in [-0.25, -0.2) is 4.98 Å². The number of carboxylic acids is 1. The molecule has 1 aliphatic rings. The third-order valence-electron chi connectivity index (χ3n) is 5.66. The molecule has 3 rings (SSSR count). The van der Waals surface area contributed by atoms with Crippen LogP contribution in [-0.4, -0.2) is 52.8 Å². The van der Waals surface area contributed by atoms with E-state index in [1.165, 1.54) is 6.20 Å². The molecule has 1 aliphatic heterocycles. The number of anilines is 3. The summed E-state index contributed by atoms with van der Waals surface area (Å²) in [6.07, 6.45) is 3.39. The van der Waals surface area contributed by atoms with Crippen LogP contribution in [0.25, 0.3) is 0 Å². The summed E-state index contributed by atoms with van der Waals surface area (Å²) in [5.74, 6) is -0.749. The number of benzene rings is 1. The average Bonchev–Trinajstić information content (AvgIpc) is 3.21. The number of rotatable bonds is 10. The molecule has 1 atom stereocenters. The molecule has 2 aromatic rings. The summed E-state index contributed by atoms with van der Waals surface area (Å²) in [5, 5.41) is 12.5. The van der Waals surface area contributed by atoms with Gasteiger partial charge in [0.2, 0.25) is 5.95 Å². The minimum atomic E-state index is -0.836. The Balaban J connectivity index is 2.00. The normalized spacial score (nSPS) is 15.5. The Morgan fingerprint density at radius 1 is 1.31 bits per heavy atom. The number of aliphatic carboxylic acids is 1. The number of ether oxygens (including phenoxy) is 1. The first-order chi connectivity index (χ1) is 15.2. The second kappa shape index (κ2) is 10.5. The van der Waals surface area contributed by atoms with Crippen molar-refractivity contribution in [3.63, 3.8) is 0 Å². The zero-order valence-electron chi connectivity index (χ0n) is 18.9. The standard InChI is InChI=1S/C23H33N5O4/c1-14(2)13-28(17-6-8-32-9-7-17)20-5-4-16(15(3)10-21(29)30)11-18(20)26-23-25-12-19(27-23)22(24)31/h4-5,11-12,14-15,17H,6-10,13H2,1-3H3,(H2,24,31)(H,29,30)(H2,25,26,27)/t15-/m1/s1. The summed E-state index contributed by atoms with van der Waals surface area (Å²) < 4.78 is 5.57. The first kappa shape index (κ1) is 23.6. The molecule has 0 unspecified atom stereocenters. The number of nitrogens with one attached hydrogen (secondary N) is 2. The average molecular weight is 444 g/mol. The Labute approximate surface area is 188 Å². The Hall–Kier alpha value is -3.07. The van der Waals surface area contributed by atoms with E-state index in [2.05, 4.69) is 34.0 Å². The van der Waals surface area contributed by atoms with E-state index < -0.39 is 11.9 Å². The zero-order valence-corrected chi connectivity index (χ0v) is 18.9. The molecule has 0 aliphatic carbocycles. The van der Waals surface area contributed by atoms with E-state index in [4.69, 9.17) is 10.5 Å². The Kier molecular flexibility index (Phi) is 7.74. The minimum Gasteiger partial charge on any atom is -0.481 e. The Morgan fingerprint density at radius 2 is 2.03 bits per heavy atom. The largest absolute Gasteiger partial charge is 0.481 e. The second-order valence-corrected chi connectivity index (χ2v) is 8.79. The summed E-state index contributed by atoms with van der Waals surface area (Å²) in [5.41, 5.74) is 8.21. The second-order valence-electron chi connectivity index (χ2n) is 8.79. The summed E-state index contributed by atoms with van der Waals surface area (Å²) in [4.78, 5) is 32.3. The van der Waals surface area contributed by atoms with Gasteiger partial charge in [-0.05, 0) is 42.4 Å². The quantitative estimate of drug-likeness (QED) is 0.442. The molecule has 9 heteroatoms. The number of imidazole rings is 1. The fourth-order valence-corrected chi connectivity index (χ4v) is 4.06. The molecule has 1 amide bonds. The number of carbonyl (C=O) groups excluding carboxylic acids is 1. The van der Waals surface area contributed by atoms with E-state index in [0.29, 0.717) is 17.9 Å². The first-order valence-electron chi connectivity index (χ1n) is 11.1. The summed E-state index contributed by atoms with van der Waals surface area (Å²) >= 11 is 0.